The number of nitrogen functional groups attached to an aromatic ring is 1. The normalized spacial score (nSPS) is 10.3. The van der Waals surface area contributed by atoms with E-state index in [1.165, 1.54) is 0 Å². The number of methoxy groups -OCH3 is 1. The molecule has 2 aromatic carbocycles. The third-order valence-corrected chi connectivity index (χ3v) is 3.21. The standard InChI is InChI=1S/C15H15BrN2O2/c1-20-9-10-4-2-3-5-14(10)18-15(19)11-6-12(16)8-13(17)7-11/h2-8H,9,17H2,1H3,(H,18,19). The molecule has 0 bridgehead atoms. The van der Waals surface area contributed by atoms with E-state index in [9.17, 15) is 4.79 Å². The Hall–Kier alpha value is -1.85. The van der Waals surface area contributed by atoms with Crippen molar-refractivity contribution in [1.29, 1.82) is 0 Å². The fourth-order valence-corrected chi connectivity index (χ4v) is 2.37. The van der Waals surface area contributed by atoms with Crippen molar-refractivity contribution >= 4 is 33.2 Å². The highest BCUT2D eigenvalue weighted by Crippen LogP contribution is 2.20. The number of halogens is 1. The predicted molar refractivity (Wildman–Crippen MR) is 83.7 cm³/mol. The minimum atomic E-state index is -0.207. The van der Waals surface area contributed by atoms with Crippen LogP contribution in [0.1, 0.15) is 15.9 Å². The van der Waals surface area contributed by atoms with Crippen molar-refractivity contribution in [2.24, 2.45) is 0 Å². The highest BCUT2D eigenvalue weighted by Gasteiger charge is 2.10. The average Bonchev–Trinajstić information content (AvgIpc) is 2.40. The number of carbonyl (C=O) groups is 1. The number of carbonyl (C=O) groups excluding carboxylic acids is 1. The number of anilines is 2. The summed E-state index contributed by atoms with van der Waals surface area (Å²) in [7, 11) is 1.62. The van der Waals surface area contributed by atoms with Gasteiger partial charge in [0, 0.05) is 34.1 Å². The number of hydrogen-bond donors (Lipinski definition) is 2. The van der Waals surface area contributed by atoms with Crippen LogP contribution < -0.4 is 11.1 Å². The van der Waals surface area contributed by atoms with Crippen LogP contribution in [0.2, 0.25) is 0 Å². The van der Waals surface area contributed by atoms with Gasteiger partial charge in [-0.2, -0.15) is 0 Å². The van der Waals surface area contributed by atoms with E-state index in [0.717, 1.165) is 15.7 Å². The summed E-state index contributed by atoms with van der Waals surface area (Å²) in [5.41, 5.74) is 8.44. The topological polar surface area (TPSA) is 64.3 Å². The minimum Gasteiger partial charge on any atom is -0.399 e. The van der Waals surface area contributed by atoms with Crippen LogP contribution in [0.4, 0.5) is 11.4 Å². The Morgan fingerprint density at radius 3 is 2.75 bits per heavy atom. The van der Waals surface area contributed by atoms with E-state index < -0.39 is 0 Å². The molecule has 0 radical (unpaired) electrons. The van der Waals surface area contributed by atoms with Gasteiger partial charge in [0.15, 0.2) is 0 Å². The van der Waals surface area contributed by atoms with Crippen LogP contribution >= 0.6 is 15.9 Å². The maximum atomic E-state index is 12.2. The summed E-state index contributed by atoms with van der Waals surface area (Å²) in [6.45, 7) is 0.442. The van der Waals surface area contributed by atoms with Gasteiger partial charge in [-0.3, -0.25) is 4.79 Å². The molecule has 4 nitrogen and oxygen atoms in total. The van der Waals surface area contributed by atoms with Gasteiger partial charge in [0.25, 0.3) is 5.91 Å². The second-order valence-electron chi connectivity index (χ2n) is 4.32. The predicted octanol–water partition coefficient (Wildman–Crippen LogP) is 3.43. The van der Waals surface area contributed by atoms with Gasteiger partial charge >= 0.3 is 0 Å². The van der Waals surface area contributed by atoms with E-state index in [2.05, 4.69) is 21.2 Å². The van der Waals surface area contributed by atoms with Crippen molar-refractivity contribution in [3.8, 4) is 0 Å². The van der Waals surface area contributed by atoms with Crippen LogP contribution in [0.15, 0.2) is 46.9 Å². The Labute approximate surface area is 126 Å². The Morgan fingerprint density at radius 2 is 2.05 bits per heavy atom. The highest BCUT2D eigenvalue weighted by atomic mass is 79.9. The van der Waals surface area contributed by atoms with Crippen LogP contribution in [0.5, 0.6) is 0 Å². The Bertz CT molecular complexity index is 609. The van der Waals surface area contributed by atoms with Crippen molar-refractivity contribution < 1.29 is 9.53 Å². The molecule has 3 N–H and O–H groups in total. The maximum Gasteiger partial charge on any atom is 0.255 e. The van der Waals surface area contributed by atoms with Gasteiger partial charge in [-0.05, 0) is 24.3 Å². The van der Waals surface area contributed by atoms with Gasteiger partial charge in [-0.25, -0.2) is 0 Å². The molecule has 0 aliphatic carbocycles. The highest BCUT2D eigenvalue weighted by molar-refractivity contribution is 9.10. The molecule has 0 atom stereocenters. The number of benzene rings is 2. The van der Waals surface area contributed by atoms with Crippen LogP contribution in [0.3, 0.4) is 0 Å². The lowest BCUT2D eigenvalue weighted by Crippen LogP contribution is -2.13. The van der Waals surface area contributed by atoms with E-state index in [1.54, 1.807) is 25.3 Å². The van der Waals surface area contributed by atoms with Gasteiger partial charge in [-0.15, -0.1) is 0 Å². The van der Waals surface area contributed by atoms with Crippen LogP contribution in [-0.2, 0) is 11.3 Å². The molecule has 0 fully saturated rings. The monoisotopic (exact) mass is 334 g/mol. The quantitative estimate of drug-likeness (QED) is 0.842. The van der Waals surface area contributed by atoms with E-state index in [0.29, 0.717) is 17.9 Å². The molecule has 20 heavy (non-hydrogen) atoms. The summed E-state index contributed by atoms with van der Waals surface area (Å²) in [5, 5.41) is 2.87. The van der Waals surface area contributed by atoms with Crippen molar-refractivity contribution in [2.75, 3.05) is 18.2 Å². The first-order chi connectivity index (χ1) is 9.60. The number of nitrogens with two attached hydrogens (primary N) is 1. The van der Waals surface area contributed by atoms with E-state index in [4.69, 9.17) is 10.5 Å². The molecule has 2 rings (SSSR count). The van der Waals surface area contributed by atoms with Crippen LogP contribution in [-0.4, -0.2) is 13.0 Å². The van der Waals surface area contributed by atoms with Gasteiger partial charge in [0.1, 0.15) is 0 Å². The molecule has 0 spiro atoms. The zero-order valence-electron chi connectivity index (χ0n) is 11.0. The van der Waals surface area contributed by atoms with Crippen LogP contribution in [0.25, 0.3) is 0 Å². The van der Waals surface area contributed by atoms with E-state index in [1.807, 2.05) is 24.3 Å². The number of ether oxygens (including phenoxy) is 1. The Morgan fingerprint density at radius 1 is 1.30 bits per heavy atom. The van der Waals surface area contributed by atoms with E-state index >= 15 is 0 Å². The number of rotatable bonds is 4. The smallest absolute Gasteiger partial charge is 0.255 e. The zero-order chi connectivity index (χ0) is 14.5. The lowest BCUT2D eigenvalue weighted by atomic mass is 10.1. The second kappa shape index (κ2) is 6.54. The number of amides is 1. The first kappa shape index (κ1) is 14.6. The number of nitrogens with one attached hydrogen (secondary N) is 1. The molecule has 0 aliphatic heterocycles. The summed E-state index contributed by atoms with van der Waals surface area (Å²) in [6, 6.07) is 12.6. The Kier molecular flexibility index (Phi) is 4.76. The first-order valence-electron chi connectivity index (χ1n) is 6.04. The SMILES string of the molecule is COCc1ccccc1NC(=O)c1cc(N)cc(Br)c1. The molecule has 0 saturated heterocycles. The summed E-state index contributed by atoms with van der Waals surface area (Å²) in [5.74, 6) is -0.207. The molecule has 104 valence electrons. The molecular weight excluding hydrogens is 320 g/mol. The summed E-state index contributed by atoms with van der Waals surface area (Å²) in [6.07, 6.45) is 0. The molecule has 1 amide bonds. The van der Waals surface area contributed by atoms with Crippen molar-refractivity contribution in [3.05, 3.63) is 58.1 Å². The van der Waals surface area contributed by atoms with Crippen molar-refractivity contribution in [2.45, 2.75) is 6.61 Å². The summed E-state index contributed by atoms with van der Waals surface area (Å²) >= 11 is 3.33. The second-order valence-corrected chi connectivity index (χ2v) is 5.23. The van der Waals surface area contributed by atoms with Gasteiger partial charge < -0.3 is 15.8 Å². The molecule has 2 aromatic rings. The molecule has 0 heterocycles. The Balaban J connectivity index is 2.23. The average molecular weight is 335 g/mol. The summed E-state index contributed by atoms with van der Waals surface area (Å²) in [4.78, 5) is 12.2. The minimum absolute atomic E-state index is 0.207. The van der Waals surface area contributed by atoms with Gasteiger partial charge in [-0.1, -0.05) is 34.1 Å². The van der Waals surface area contributed by atoms with Crippen LogP contribution in [0, 0.1) is 0 Å². The fourth-order valence-electron chi connectivity index (χ4n) is 1.86. The van der Waals surface area contributed by atoms with E-state index in [-0.39, 0.29) is 5.91 Å². The molecule has 0 aromatic heterocycles. The molecular formula is C15H15BrN2O2. The fraction of sp³-hybridized carbons (Fsp3) is 0.133. The van der Waals surface area contributed by atoms with Crippen molar-refractivity contribution in [1.82, 2.24) is 0 Å². The largest absolute Gasteiger partial charge is 0.399 e. The number of hydrogen-bond acceptors (Lipinski definition) is 3. The van der Waals surface area contributed by atoms with Gasteiger partial charge in [0.05, 0.1) is 6.61 Å². The molecule has 0 saturated carbocycles. The zero-order valence-corrected chi connectivity index (χ0v) is 12.6. The van der Waals surface area contributed by atoms with Gasteiger partial charge in [0.2, 0.25) is 0 Å². The van der Waals surface area contributed by atoms with Crippen molar-refractivity contribution in [3.63, 3.8) is 0 Å². The lowest BCUT2D eigenvalue weighted by Gasteiger charge is -2.11. The molecule has 5 heteroatoms. The third kappa shape index (κ3) is 3.59. The summed E-state index contributed by atoms with van der Waals surface area (Å²) < 4.78 is 5.89. The third-order valence-electron chi connectivity index (χ3n) is 2.75. The number of para-hydroxylation sites is 1. The first-order valence-corrected chi connectivity index (χ1v) is 6.83. The lowest BCUT2D eigenvalue weighted by molar-refractivity contribution is 0.102. The molecule has 0 unspecified atom stereocenters. The molecule has 0 aliphatic rings. The maximum absolute atomic E-state index is 12.2.